The number of piperazine rings is 1. The molecule has 1 unspecified atom stereocenters. The Morgan fingerprint density at radius 2 is 1.90 bits per heavy atom. The van der Waals surface area contributed by atoms with Gasteiger partial charge in [0.05, 0.1) is 11.4 Å². The van der Waals surface area contributed by atoms with Gasteiger partial charge in [0.15, 0.2) is 0 Å². The van der Waals surface area contributed by atoms with Gasteiger partial charge in [0.25, 0.3) is 5.91 Å². The molecule has 1 saturated heterocycles. The molecule has 2 amide bonds. The maximum Gasteiger partial charge on any atom is 0.270 e. The van der Waals surface area contributed by atoms with Crippen LogP contribution in [-0.4, -0.2) is 64.7 Å². The summed E-state index contributed by atoms with van der Waals surface area (Å²) in [5, 5.41) is 9.76. The van der Waals surface area contributed by atoms with Crippen LogP contribution in [0.1, 0.15) is 17.9 Å². The zero-order valence-electron chi connectivity index (χ0n) is 16.6. The van der Waals surface area contributed by atoms with Crippen molar-refractivity contribution in [1.29, 1.82) is 0 Å². The molecule has 4 rings (SSSR count). The van der Waals surface area contributed by atoms with Gasteiger partial charge in [-0.15, -0.1) is 0 Å². The molecular weight excluding hydrogens is 391 g/mol. The zero-order chi connectivity index (χ0) is 21.3. The lowest BCUT2D eigenvalue weighted by atomic mass is 10.1. The highest BCUT2D eigenvalue weighted by molar-refractivity contribution is 6.40. The van der Waals surface area contributed by atoms with Gasteiger partial charge in [-0.1, -0.05) is 5.16 Å². The van der Waals surface area contributed by atoms with E-state index in [0.717, 1.165) is 11.5 Å². The predicted octanol–water partition coefficient (Wildman–Crippen LogP) is 0.887. The molecule has 0 saturated carbocycles. The smallest absolute Gasteiger partial charge is 0.270 e. The third-order valence-corrected chi connectivity index (χ3v) is 5.30. The summed E-state index contributed by atoms with van der Waals surface area (Å²) in [6.07, 6.45) is 0.129. The van der Waals surface area contributed by atoms with E-state index in [9.17, 15) is 14.0 Å². The van der Waals surface area contributed by atoms with E-state index in [1.807, 2.05) is 13.0 Å². The van der Waals surface area contributed by atoms with Crippen LogP contribution >= 0.6 is 0 Å². The Kier molecular flexibility index (Phi) is 5.49. The second-order valence-electron chi connectivity index (χ2n) is 7.49. The van der Waals surface area contributed by atoms with Crippen molar-refractivity contribution in [2.45, 2.75) is 25.9 Å². The second-order valence-corrected chi connectivity index (χ2v) is 7.49. The van der Waals surface area contributed by atoms with Crippen LogP contribution in [0, 0.1) is 12.7 Å². The van der Waals surface area contributed by atoms with Crippen molar-refractivity contribution in [2.75, 3.05) is 31.2 Å². The number of carbonyl (C=O) groups excluding carboxylic acids is 2. The van der Waals surface area contributed by atoms with Gasteiger partial charge in [-0.2, -0.15) is 5.10 Å². The Morgan fingerprint density at radius 3 is 2.50 bits per heavy atom. The number of anilines is 1. The standard InChI is InChI=1S/C20H23FN6O3/c1-13-10-15(24-30-13)12-25-6-8-26(9-7-25)20(29)17-11-18(19(22)28)27(23-17)16-4-2-14(21)3-5-16/h2-5,10,18H,6-9,11-12H2,1H3,(H2,22,28). The quantitative estimate of drug-likeness (QED) is 0.778. The summed E-state index contributed by atoms with van der Waals surface area (Å²) < 4.78 is 18.3. The van der Waals surface area contributed by atoms with Crippen LogP contribution in [0.4, 0.5) is 10.1 Å². The van der Waals surface area contributed by atoms with E-state index in [-0.39, 0.29) is 18.0 Å². The third kappa shape index (κ3) is 4.18. The lowest BCUT2D eigenvalue weighted by Crippen LogP contribution is -2.50. The zero-order valence-corrected chi connectivity index (χ0v) is 16.6. The molecule has 2 aliphatic rings. The van der Waals surface area contributed by atoms with Crippen LogP contribution in [0.3, 0.4) is 0 Å². The third-order valence-electron chi connectivity index (χ3n) is 5.30. The fourth-order valence-electron chi connectivity index (χ4n) is 3.71. The minimum absolute atomic E-state index is 0.129. The molecule has 0 radical (unpaired) electrons. The van der Waals surface area contributed by atoms with Gasteiger partial charge in [-0.3, -0.25) is 19.5 Å². The summed E-state index contributed by atoms with van der Waals surface area (Å²) in [6, 6.07) is 6.69. The number of primary amides is 1. The highest BCUT2D eigenvalue weighted by Gasteiger charge is 2.37. The first kappa shape index (κ1) is 20.0. The van der Waals surface area contributed by atoms with E-state index in [2.05, 4.69) is 15.2 Å². The van der Waals surface area contributed by atoms with Crippen molar-refractivity contribution in [1.82, 2.24) is 15.0 Å². The number of aromatic nitrogens is 1. The molecule has 10 heteroatoms. The summed E-state index contributed by atoms with van der Waals surface area (Å²) in [4.78, 5) is 28.8. The molecule has 9 nitrogen and oxygen atoms in total. The number of aryl methyl sites for hydroxylation is 1. The Bertz CT molecular complexity index is 965. The summed E-state index contributed by atoms with van der Waals surface area (Å²) in [5.41, 5.74) is 7.17. The maximum absolute atomic E-state index is 13.2. The number of hydrogen-bond donors (Lipinski definition) is 1. The molecule has 1 aromatic carbocycles. The van der Waals surface area contributed by atoms with Gasteiger partial charge in [0, 0.05) is 45.2 Å². The number of rotatable bonds is 5. The van der Waals surface area contributed by atoms with E-state index >= 15 is 0 Å². The minimum Gasteiger partial charge on any atom is -0.368 e. The molecule has 3 heterocycles. The van der Waals surface area contributed by atoms with Gasteiger partial charge in [0.2, 0.25) is 5.91 Å². The summed E-state index contributed by atoms with van der Waals surface area (Å²) in [7, 11) is 0. The lowest BCUT2D eigenvalue weighted by Gasteiger charge is -2.34. The Balaban J connectivity index is 1.41. The number of hydrogen-bond acceptors (Lipinski definition) is 7. The van der Waals surface area contributed by atoms with Crippen molar-refractivity contribution < 1.29 is 18.5 Å². The monoisotopic (exact) mass is 414 g/mol. The molecule has 2 aliphatic heterocycles. The number of nitrogens with zero attached hydrogens (tertiary/aromatic N) is 5. The Morgan fingerprint density at radius 1 is 1.20 bits per heavy atom. The number of nitrogens with two attached hydrogens (primary N) is 1. The predicted molar refractivity (Wildman–Crippen MR) is 107 cm³/mol. The molecule has 158 valence electrons. The van der Waals surface area contributed by atoms with E-state index < -0.39 is 17.8 Å². The molecule has 2 N–H and O–H groups in total. The lowest BCUT2D eigenvalue weighted by molar-refractivity contribution is -0.125. The van der Waals surface area contributed by atoms with Crippen molar-refractivity contribution >= 4 is 23.2 Å². The van der Waals surface area contributed by atoms with E-state index in [0.29, 0.717) is 38.4 Å². The first-order valence-corrected chi connectivity index (χ1v) is 9.76. The maximum atomic E-state index is 13.2. The van der Waals surface area contributed by atoms with Crippen LogP contribution in [0.5, 0.6) is 0 Å². The highest BCUT2D eigenvalue weighted by Crippen LogP contribution is 2.25. The Labute approximate surface area is 172 Å². The molecular formula is C20H23FN6O3. The fraction of sp³-hybridized carbons (Fsp3) is 0.400. The number of amides is 2. The Hall–Kier alpha value is -3.27. The van der Waals surface area contributed by atoms with E-state index in [4.69, 9.17) is 10.3 Å². The number of benzene rings is 1. The van der Waals surface area contributed by atoms with Gasteiger partial charge in [0.1, 0.15) is 23.3 Å². The van der Waals surface area contributed by atoms with Crippen LogP contribution in [0.15, 0.2) is 40.0 Å². The van der Waals surface area contributed by atoms with Crippen LogP contribution in [-0.2, 0) is 16.1 Å². The molecule has 1 aromatic heterocycles. The van der Waals surface area contributed by atoms with Gasteiger partial charge < -0.3 is 15.2 Å². The number of hydrazone groups is 1. The number of carbonyl (C=O) groups is 2. The molecule has 0 bridgehead atoms. The molecule has 1 atom stereocenters. The second kappa shape index (κ2) is 8.23. The van der Waals surface area contributed by atoms with Crippen molar-refractivity contribution in [2.24, 2.45) is 10.8 Å². The van der Waals surface area contributed by atoms with Gasteiger partial charge >= 0.3 is 0 Å². The summed E-state index contributed by atoms with van der Waals surface area (Å²) in [6.45, 7) is 5.02. The molecule has 30 heavy (non-hydrogen) atoms. The van der Waals surface area contributed by atoms with Crippen molar-refractivity contribution in [3.8, 4) is 0 Å². The summed E-state index contributed by atoms with van der Waals surface area (Å²) in [5.74, 6) is -0.415. The van der Waals surface area contributed by atoms with Gasteiger partial charge in [-0.25, -0.2) is 4.39 Å². The average molecular weight is 414 g/mol. The molecule has 0 aliphatic carbocycles. The van der Waals surface area contributed by atoms with Gasteiger partial charge in [-0.05, 0) is 31.2 Å². The first-order chi connectivity index (χ1) is 14.4. The molecule has 1 fully saturated rings. The van der Waals surface area contributed by atoms with E-state index in [1.165, 1.54) is 29.3 Å². The largest absolute Gasteiger partial charge is 0.368 e. The van der Waals surface area contributed by atoms with Crippen molar-refractivity contribution in [3.05, 3.63) is 47.6 Å². The normalized spacial score (nSPS) is 19.8. The van der Waals surface area contributed by atoms with Crippen molar-refractivity contribution in [3.63, 3.8) is 0 Å². The van der Waals surface area contributed by atoms with Crippen LogP contribution < -0.4 is 10.7 Å². The SMILES string of the molecule is Cc1cc(CN2CCN(C(=O)C3=NN(c4ccc(F)cc4)C(C(N)=O)C3)CC2)no1. The molecule has 0 spiro atoms. The first-order valence-electron chi connectivity index (χ1n) is 9.76. The fourth-order valence-corrected chi connectivity index (χ4v) is 3.71. The number of halogens is 1. The summed E-state index contributed by atoms with van der Waals surface area (Å²) >= 11 is 0. The average Bonchev–Trinajstić information content (AvgIpc) is 3.35. The van der Waals surface area contributed by atoms with Crippen LogP contribution in [0.2, 0.25) is 0 Å². The molecule has 2 aromatic rings. The minimum atomic E-state index is -0.772. The highest BCUT2D eigenvalue weighted by atomic mass is 19.1. The van der Waals surface area contributed by atoms with E-state index in [1.54, 1.807) is 4.90 Å². The van der Waals surface area contributed by atoms with Crippen LogP contribution in [0.25, 0.3) is 0 Å². The topological polar surface area (TPSA) is 108 Å².